The summed E-state index contributed by atoms with van der Waals surface area (Å²) in [5, 5.41) is 11.5. The fraction of sp³-hybridized carbons (Fsp3) is 0.182. The van der Waals surface area contributed by atoms with Crippen LogP contribution < -0.4 is 14.2 Å². The molecule has 1 aromatic heterocycles. The molecule has 1 aliphatic rings. The zero-order valence-electron chi connectivity index (χ0n) is 22.8. The van der Waals surface area contributed by atoms with E-state index in [0.29, 0.717) is 41.6 Å². The standard InChI is InChI=1S/C33H30N2O6/c1-3-40-27-16-13-25(18-28(27)39-2)30-29(32(37)33(38)35(30)20-23-10-7-17-34-19-23)31(36)24-11-14-26(15-12-24)41-21-22-8-5-4-6-9-22/h4-19,30,36H,3,20-21H2,1-2H3/b31-29+. The monoisotopic (exact) mass is 550 g/mol. The minimum atomic E-state index is -0.867. The Hall–Kier alpha value is -5.11. The van der Waals surface area contributed by atoms with Gasteiger partial charge in [0.15, 0.2) is 11.5 Å². The van der Waals surface area contributed by atoms with Gasteiger partial charge in [-0.2, -0.15) is 0 Å². The minimum Gasteiger partial charge on any atom is -0.507 e. The molecule has 0 saturated carbocycles. The number of ketones is 1. The van der Waals surface area contributed by atoms with E-state index in [1.54, 1.807) is 60.9 Å². The van der Waals surface area contributed by atoms with E-state index >= 15 is 0 Å². The van der Waals surface area contributed by atoms with Gasteiger partial charge in [-0.15, -0.1) is 0 Å². The molecule has 1 fully saturated rings. The third-order valence-corrected chi connectivity index (χ3v) is 6.80. The first kappa shape index (κ1) is 27.5. The van der Waals surface area contributed by atoms with E-state index in [4.69, 9.17) is 14.2 Å². The summed E-state index contributed by atoms with van der Waals surface area (Å²) in [6.45, 7) is 2.83. The summed E-state index contributed by atoms with van der Waals surface area (Å²) in [4.78, 5) is 32.4. The Morgan fingerprint density at radius 3 is 2.34 bits per heavy atom. The predicted octanol–water partition coefficient (Wildman–Crippen LogP) is 5.69. The lowest BCUT2D eigenvalue weighted by molar-refractivity contribution is -0.140. The van der Waals surface area contributed by atoms with Gasteiger partial charge in [0.05, 0.1) is 25.3 Å². The number of aliphatic hydroxyl groups is 1. The SMILES string of the molecule is CCOc1ccc(C2/C(=C(\O)c3ccc(OCc4ccccc4)cc3)C(=O)C(=O)N2Cc2cccnc2)cc1OC. The smallest absolute Gasteiger partial charge is 0.295 e. The lowest BCUT2D eigenvalue weighted by Gasteiger charge is -2.26. The summed E-state index contributed by atoms with van der Waals surface area (Å²) in [5.41, 5.74) is 2.75. The van der Waals surface area contributed by atoms with Gasteiger partial charge in [0.25, 0.3) is 11.7 Å². The Bertz CT molecular complexity index is 1550. The molecule has 8 heteroatoms. The zero-order chi connectivity index (χ0) is 28.8. The van der Waals surface area contributed by atoms with Crippen molar-refractivity contribution in [2.24, 2.45) is 0 Å². The Labute approximate surface area is 238 Å². The molecule has 5 rings (SSSR count). The van der Waals surface area contributed by atoms with Gasteiger partial charge in [0.1, 0.15) is 18.1 Å². The highest BCUT2D eigenvalue weighted by atomic mass is 16.5. The van der Waals surface area contributed by atoms with E-state index in [9.17, 15) is 14.7 Å². The molecule has 0 aliphatic carbocycles. The van der Waals surface area contributed by atoms with Gasteiger partial charge in [0, 0.05) is 24.5 Å². The summed E-state index contributed by atoms with van der Waals surface area (Å²) in [6, 6.07) is 24.5. The van der Waals surface area contributed by atoms with Crippen LogP contribution in [0.15, 0.2) is 103 Å². The van der Waals surface area contributed by atoms with Crippen LogP contribution in [0.3, 0.4) is 0 Å². The predicted molar refractivity (Wildman–Crippen MR) is 153 cm³/mol. The first-order chi connectivity index (χ1) is 20.0. The number of nitrogens with zero attached hydrogens (tertiary/aromatic N) is 2. The number of amides is 1. The maximum absolute atomic E-state index is 13.4. The molecule has 2 heterocycles. The molecule has 1 amide bonds. The first-order valence-electron chi connectivity index (χ1n) is 13.2. The molecule has 0 spiro atoms. The van der Waals surface area contributed by atoms with Gasteiger partial charge in [-0.05, 0) is 66.1 Å². The number of ether oxygens (including phenoxy) is 3. The molecule has 0 bridgehead atoms. The third kappa shape index (κ3) is 5.91. The maximum Gasteiger partial charge on any atom is 0.295 e. The van der Waals surface area contributed by atoms with Crippen LogP contribution in [0, 0.1) is 0 Å². The molecule has 0 radical (unpaired) electrons. The van der Waals surface area contributed by atoms with Gasteiger partial charge in [-0.25, -0.2) is 0 Å². The quantitative estimate of drug-likeness (QED) is 0.154. The number of methoxy groups -OCH3 is 1. The largest absolute Gasteiger partial charge is 0.507 e. The number of benzene rings is 3. The van der Waals surface area contributed by atoms with E-state index in [2.05, 4.69) is 4.98 Å². The van der Waals surface area contributed by atoms with Gasteiger partial charge >= 0.3 is 0 Å². The van der Waals surface area contributed by atoms with Crippen LogP contribution in [0.4, 0.5) is 0 Å². The average Bonchev–Trinajstić information content (AvgIpc) is 3.26. The first-order valence-corrected chi connectivity index (χ1v) is 13.2. The summed E-state index contributed by atoms with van der Waals surface area (Å²) >= 11 is 0. The molecule has 3 aromatic carbocycles. The second kappa shape index (κ2) is 12.4. The summed E-state index contributed by atoms with van der Waals surface area (Å²) in [7, 11) is 1.52. The molecule has 8 nitrogen and oxygen atoms in total. The second-order valence-electron chi connectivity index (χ2n) is 9.43. The van der Waals surface area contributed by atoms with E-state index < -0.39 is 17.7 Å². The fourth-order valence-electron chi connectivity index (χ4n) is 4.81. The Balaban J connectivity index is 1.52. The molecule has 1 aliphatic heterocycles. The van der Waals surface area contributed by atoms with Crippen molar-refractivity contribution in [1.29, 1.82) is 0 Å². The van der Waals surface area contributed by atoms with Gasteiger partial charge in [0.2, 0.25) is 0 Å². The van der Waals surface area contributed by atoms with Crippen molar-refractivity contribution in [3.8, 4) is 17.2 Å². The number of carbonyl (C=O) groups is 2. The summed E-state index contributed by atoms with van der Waals surface area (Å²) in [6.07, 6.45) is 3.28. The van der Waals surface area contributed by atoms with Crippen LogP contribution in [0.1, 0.15) is 35.2 Å². The molecule has 1 N–H and O–H groups in total. The Morgan fingerprint density at radius 2 is 1.66 bits per heavy atom. The average molecular weight is 551 g/mol. The van der Waals surface area contributed by atoms with Crippen molar-refractivity contribution in [2.45, 2.75) is 26.1 Å². The number of pyridine rings is 1. The molecule has 1 unspecified atom stereocenters. The summed E-state index contributed by atoms with van der Waals surface area (Å²) < 4.78 is 17.1. The van der Waals surface area contributed by atoms with Crippen molar-refractivity contribution < 1.29 is 28.9 Å². The van der Waals surface area contributed by atoms with Crippen LogP contribution in [-0.4, -0.2) is 40.4 Å². The highest BCUT2D eigenvalue weighted by Gasteiger charge is 2.46. The zero-order valence-corrected chi connectivity index (χ0v) is 22.8. The van der Waals surface area contributed by atoms with Crippen LogP contribution in [0.25, 0.3) is 5.76 Å². The number of likely N-dealkylation sites (tertiary alicyclic amines) is 1. The third-order valence-electron chi connectivity index (χ3n) is 6.80. The molecule has 1 saturated heterocycles. The minimum absolute atomic E-state index is 0.0111. The molecule has 41 heavy (non-hydrogen) atoms. The van der Waals surface area contributed by atoms with E-state index in [0.717, 1.165) is 11.1 Å². The molecule has 208 valence electrons. The van der Waals surface area contributed by atoms with Crippen LogP contribution >= 0.6 is 0 Å². The van der Waals surface area contributed by atoms with Crippen molar-refractivity contribution in [1.82, 2.24) is 9.88 Å². The number of hydrogen-bond acceptors (Lipinski definition) is 7. The Morgan fingerprint density at radius 1 is 0.902 bits per heavy atom. The van der Waals surface area contributed by atoms with E-state index in [1.807, 2.05) is 43.3 Å². The van der Waals surface area contributed by atoms with Gasteiger partial charge < -0.3 is 24.2 Å². The molecule has 1 atom stereocenters. The lowest BCUT2D eigenvalue weighted by atomic mass is 9.94. The number of hydrogen-bond donors (Lipinski definition) is 1. The van der Waals surface area contributed by atoms with Crippen LogP contribution in [0.2, 0.25) is 0 Å². The van der Waals surface area contributed by atoms with Crippen molar-refractivity contribution in [2.75, 3.05) is 13.7 Å². The topological polar surface area (TPSA) is 98.2 Å². The van der Waals surface area contributed by atoms with E-state index in [-0.39, 0.29) is 17.9 Å². The van der Waals surface area contributed by atoms with Crippen molar-refractivity contribution >= 4 is 17.4 Å². The molecule has 4 aromatic rings. The Kier molecular flexibility index (Phi) is 8.29. The van der Waals surface area contributed by atoms with E-state index in [1.165, 1.54) is 12.0 Å². The number of Topliss-reactive ketones (excluding diaryl/α,β-unsaturated/α-hetero) is 1. The van der Waals surface area contributed by atoms with Crippen molar-refractivity contribution in [3.63, 3.8) is 0 Å². The fourth-order valence-corrected chi connectivity index (χ4v) is 4.81. The summed E-state index contributed by atoms with van der Waals surface area (Å²) in [5.74, 6) is -0.158. The number of carbonyl (C=O) groups excluding carboxylic acids is 2. The molecular formula is C33H30N2O6. The number of rotatable bonds is 10. The van der Waals surface area contributed by atoms with Gasteiger partial charge in [-0.3, -0.25) is 14.6 Å². The molecular weight excluding hydrogens is 520 g/mol. The van der Waals surface area contributed by atoms with Crippen molar-refractivity contribution in [3.05, 3.63) is 125 Å². The maximum atomic E-state index is 13.4. The number of aliphatic hydroxyl groups excluding tert-OH is 1. The van der Waals surface area contributed by atoms with Crippen LogP contribution in [0.5, 0.6) is 17.2 Å². The highest BCUT2D eigenvalue weighted by Crippen LogP contribution is 2.42. The second-order valence-corrected chi connectivity index (χ2v) is 9.43. The number of aromatic nitrogens is 1. The lowest BCUT2D eigenvalue weighted by Crippen LogP contribution is -2.29. The normalized spacial score (nSPS) is 16.0. The highest BCUT2D eigenvalue weighted by molar-refractivity contribution is 6.46. The van der Waals surface area contributed by atoms with Crippen LogP contribution in [-0.2, 0) is 22.7 Å². The van der Waals surface area contributed by atoms with Gasteiger partial charge in [-0.1, -0.05) is 42.5 Å².